The van der Waals surface area contributed by atoms with Crippen LogP contribution in [-0.2, 0) is 16.0 Å². The summed E-state index contributed by atoms with van der Waals surface area (Å²) in [5.74, 6) is -3.63. The van der Waals surface area contributed by atoms with Crippen molar-refractivity contribution in [3.05, 3.63) is 52.5 Å². The van der Waals surface area contributed by atoms with Gasteiger partial charge in [-0.15, -0.1) is 0 Å². The van der Waals surface area contributed by atoms with Crippen molar-refractivity contribution in [1.82, 2.24) is 9.80 Å². The lowest BCUT2D eigenvalue weighted by atomic mass is 9.87. The number of nitrogens with zero attached hydrogens (tertiary/aromatic N) is 2. The average molecular weight is 626 g/mol. The van der Waals surface area contributed by atoms with Gasteiger partial charge in [0.1, 0.15) is 41.6 Å². The minimum atomic E-state index is -5.23. The molecule has 1 spiro atoms. The third-order valence-corrected chi connectivity index (χ3v) is 8.23. The van der Waals surface area contributed by atoms with Gasteiger partial charge in [0.15, 0.2) is 0 Å². The number of carbonyl (C=O) groups excluding carboxylic acids is 3. The molecule has 2 aromatic rings. The van der Waals surface area contributed by atoms with E-state index in [-0.39, 0.29) is 36.6 Å². The molecule has 0 aromatic heterocycles. The number of carbonyl (C=O) groups is 3. The summed E-state index contributed by atoms with van der Waals surface area (Å²) >= 11 is 6.12. The van der Waals surface area contributed by atoms with E-state index in [0.29, 0.717) is 31.0 Å². The minimum Gasteiger partial charge on any atom is -0.490 e. The number of β-amino-alcohol motifs (C(OH)–C–C–N with tert-alkyl or cyclic N) is 1. The van der Waals surface area contributed by atoms with Crippen molar-refractivity contribution in [2.75, 3.05) is 32.8 Å². The Morgan fingerprint density at radius 2 is 1.88 bits per heavy atom. The van der Waals surface area contributed by atoms with Crippen molar-refractivity contribution in [2.24, 2.45) is 5.73 Å². The lowest BCUT2D eigenvalue weighted by Gasteiger charge is -2.39. The minimum absolute atomic E-state index is 0.0786. The molecule has 5 rings (SSSR count). The van der Waals surface area contributed by atoms with Gasteiger partial charge in [0, 0.05) is 56.5 Å². The number of ether oxygens (including phenoxy) is 3. The maximum Gasteiger partial charge on any atom is 0.491 e. The van der Waals surface area contributed by atoms with Crippen LogP contribution in [0, 0.1) is 0 Å². The number of fused-ring (bicyclic) bond motifs is 1. The zero-order chi connectivity index (χ0) is 30.9. The summed E-state index contributed by atoms with van der Waals surface area (Å²) in [6, 6.07) is 7.88. The zero-order valence-electron chi connectivity index (χ0n) is 23.1. The Morgan fingerprint density at radius 1 is 1.14 bits per heavy atom. The predicted octanol–water partition coefficient (Wildman–Crippen LogP) is 3.11. The van der Waals surface area contributed by atoms with E-state index in [9.17, 15) is 32.7 Å². The first kappa shape index (κ1) is 30.9. The summed E-state index contributed by atoms with van der Waals surface area (Å²) in [7, 11) is 0. The normalized spacial score (nSPS) is 20.4. The molecule has 2 saturated heterocycles. The summed E-state index contributed by atoms with van der Waals surface area (Å²) in [5, 5.41) is 11.4. The van der Waals surface area contributed by atoms with Crippen LogP contribution >= 0.6 is 11.6 Å². The number of hydrogen-bond acceptors (Lipinski definition) is 8. The van der Waals surface area contributed by atoms with Gasteiger partial charge in [0.05, 0.1) is 5.56 Å². The molecular formula is C29H31ClF3N3O7. The maximum absolute atomic E-state index is 13.3. The number of primary amides is 1. The molecule has 3 aliphatic heterocycles. The molecule has 3 aliphatic rings. The van der Waals surface area contributed by atoms with E-state index >= 15 is 0 Å². The first-order valence-corrected chi connectivity index (χ1v) is 14.3. The molecule has 43 heavy (non-hydrogen) atoms. The number of benzene rings is 2. The van der Waals surface area contributed by atoms with Crippen LogP contribution < -0.4 is 19.9 Å². The van der Waals surface area contributed by atoms with E-state index < -0.39 is 41.9 Å². The number of piperidine rings is 1. The van der Waals surface area contributed by atoms with Crippen molar-refractivity contribution in [2.45, 2.75) is 56.0 Å². The number of alkyl halides is 3. The highest BCUT2D eigenvalue weighted by Gasteiger charge is 2.43. The van der Waals surface area contributed by atoms with Gasteiger partial charge >= 0.3 is 12.1 Å². The highest BCUT2D eigenvalue weighted by molar-refractivity contribution is 6.30. The van der Waals surface area contributed by atoms with E-state index in [1.165, 1.54) is 4.90 Å². The van der Waals surface area contributed by atoms with E-state index in [4.69, 9.17) is 26.8 Å². The van der Waals surface area contributed by atoms with Crippen molar-refractivity contribution in [1.29, 1.82) is 0 Å². The van der Waals surface area contributed by atoms with Crippen LogP contribution in [0.25, 0.3) is 0 Å². The van der Waals surface area contributed by atoms with Gasteiger partial charge in [0.2, 0.25) is 5.91 Å². The molecule has 3 N–H and O–H groups in total. The van der Waals surface area contributed by atoms with Crippen LogP contribution in [0.3, 0.4) is 0 Å². The van der Waals surface area contributed by atoms with Crippen LogP contribution in [0.2, 0.25) is 5.02 Å². The van der Waals surface area contributed by atoms with Crippen LogP contribution in [0.15, 0.2) is 36.4 Å². The number of esters is 1. The average Bonchev–Trinajstić information content (AvgIpc) is 3.57. The second kappa shape index (κ2) is 12.2. The lowest BCUT2D eigenvalue weighted by Crippen LogP contribution is -2.49. The Bertz CT molecular complexity index is 1400. The standard InChI is InChI=1S/C29H31ClF3N3O7/c30-18-3-6-23-17(12-18)14-28(43-23)7-10-35(11-8-28)15-19(37)16-41-24-13-20(42-27(40)29(31,32)33)4-5-21(24)26(39)36-9-1-2-22(36)25(34)38/h3-6,12-13,19,22,37H,1-2,7-11,14-16H2,(H2,34,38)/t19-,22+/m0/s1. The van der Waals surface area contributed by atoms with E-state index in [2.05, 4.69) is 4.74 Å². The third-order valence-electron chi connectivity index (χ3n) is 8.00. The van der Waals surface area contributed by atoms with E-state index in [1.54, 1.807) is 6.07 Å². The molecule has 0 aliphatic carbocycles. The molecule has 0 saturated carbocycles. The number of nitrogens with two attached hydrogens (primary N) is 1. The highest BCUT2D eigenvalue weighted by atomic mass is 35.5. The Kier molecular flexibility index (Phi) is 8.77. The zero-order valence-corrected chi connectivity index (χ0v) is 23.8. The van der Waals surface area contributed by atoms with Crippen molar-refractivity contribution < 1.29 is 46.9 Å². The number of halogens is 4. The van der Waals surface area contributed by atoms with Gasteiger partial charge in [-0.05, 0) is 48.7 Å². The molecule has 0 radical (unpaired) electrons. The molecule has 2 aromatic carbocycles. The molecule has 2 fully saturated rings. The summed E-state index contributed by atoms with van der Waals surface area (Å²) in [6.07, 6.45) is -3.13. The fourth-order valence-corrected chi connectivity index (χ4v) is 6.04. The largest absolute Gasteiger partial charge is 0.491 e. The van der Waals surface area contributed by atoms with Gasteiger partial charge in [-0.2, -0.15) is 13.2 Å². The highest BCUT2D eigenvalue weighted by Crippen LogP contribution is 2.42. The smallest absolute Gasteiger partial charge is 0.490 e. The van der Waals surface area contributed by atoms with Crippen molar-refractivity contribution >= 4 is 29.4 Å². The summed E-state index contributed by atoms with van der Waals surface area (Å²) < 4.78 is 54.7. The maximum atomic E-state index is 13.3. The van der Waals surface area contributed by atoms with Gasteiger partial charge in [-0.25, -0.2) is 4.79 Å². The molecule has 232 valence electrons. The quantitative estimate of drug-likeness (QED) is 0.338. The van der Waals surface area contributed by atoms with Gasteiger partial charge in [-0.3, -0.25) is 9.59 Å². The van der Waals surface area contributed by atoms with E-state index in [0.717, 1.165) is 48.8 Å². The van der Waals surface area contributed by atoms with E-state index in [1.807, 2.05) is 17.0 Å². The topological polar surface area (TPSA) is 132 Å². The number of amides is 2. The van der Waals surface area contributed by atoms with Crippen LogP contribution in [0.4, 0.5) is 13.2 Å². The van der Waals surface area contributed by atoms with Gasteiger partial charge in [-0.1, -0.05) is 11.6 Å². The SMILES string of the molecule is NC(=O)[C@H]1CCCN1C(=O)c1ccc(OC(=O)C(F)(F)F)cc1OC[C@@H](O)CN1CCC2(CC1)Cc1cc(Cl)ccc1O2. The fraction of sp³-hybridized carbons (Fsp3) is 0.483. The number of aliphatic hydroxyl groups is 1. The molecule has 3 heterocycles. The second-order valence-corrected chi connectivity index (χ2v) is 11.5. The molecule has 0 unspecified atom stereocenters. The Morgan fingerprint density at radius 3 is 2.58 bits per heavy atom. The molecule has 10 nitrogen and oxygen atoms in total. The van der Waals surface area contributed by atoms with Crippen LogP contribution in [-0.4, -0.2) is 89.4 Å². The molecular weight excluding hydrogens is 595 g/mol. The van der Waals surface area contributed by atoms with Gasteiger partial charge in [0.25, 0.3) is 5.91 Å². The first-order chi connectivity index (χ1) is 20.3. The van der Waals surface area contributed by atoms with Crippen molar-refractivity contribution in [3.63, 3.8) is 0 Å². The summed E-state index contributed by atoms with van der Waals surface area (Å²) in [6.45, 7) is 1.47. The number of rotatable bonds is 8. The number of hydrogen-bond donors (Lipinski definition) is 2. The Hall–Kier alpha value is -3.55. The van der Waals surface area contributed by atoms with Crippen LogP contribution in [0.5, 0.6) is 17.2 Å². The molecule has 2 atom stereocenters. The molecule has 14 heteroatoms. The predicted molar refractivity (Wildman–Crippen MR) is 147 cm³/mol. The first-order valence-electron chi connectivity index (χ1n) is 13.9. The second-order valence-electron chi connectivity index (χ2n) is 11.1. The monoisotopic (exact) mass is 625 g/mol. The summed E-state index contributed by atoms with van der Waals surface area (Å²) in [4.78, 5) is 39.9. The lowest BCUT2D eigenvalue weighted by molar-refractivity contribution is -0.189. The third kappa shape index (κ3) is 7.00. The Balaban J connectivity index is 1.23. The van der Waals surface area contributed by atoms with Gasteiger partial charge < -0.3 is 34.9 Å². The molecule has 2 amide bonds. The molecule has 0 bridgehead atoms. The Labute approximate surface area is 250 Å². The number of likely N-dealkylation sites (tertiary alicyclic amines) is 2. The summed E-state index contributed by atoms with van der Waals surface area (Å²) in [5.41, 5.74) is 6.10. The number of aliphatic hydroxyl groups excluding tert-OH is 1. The van der Waals surface area contributed by atoms with Crippen molar-refractivity contribution in [3.8, 4) is 17.2 Å². The van der Waals surface area contributed by atoms with Crippen LogP contribution in [0.1, 0.15) is 41.6 Å². The fourth-order valence-electron chi connectivity index (χ4n) is 5.85.